The van der Waals surface area contributed by atoms with Crippen molar-refractivity contribution in [2.45, 2.75) is 58.8 Å². The van der Waals surface area contributed by atoms with Gasteiger partial charge >= 0.3 is 0 Å². The molecule has 2 rings (SSSR count). The highest BCUT2D eigenvalue weighted by Gasteiger charge is 2.24. The first-order chi connectivity index (χ1) is 10.8. The zero-order chi connectivity index (χ0) is 17.0. The second-order valence-corrected chi connectivity index (χ2v) is 7.14. The Kier molecular flexibility index (Phi) is 6.45. The van der Waals surface area contributed by atoms with Crippen LogP contribution >= 0.6 is 0 Å². The van der Waals surface area contributed by atoms with E-state index in [2.05, 4.69) is 57.7 Å². The van der Waals surface area contributed by atoms with Gasteiger partial charge in [-0.1, -0.05) is 26.0 Å². The highest BCUT2D eigenvalue weighted by atomic mass is 16.5. The number of aliphatic hydroxyl groups is 1. The zero-order valence-electron chi connectivity index (χ0n) is 15.1. The smallest absolute Gasteiger partial charge is 0.123 e. The molecule has 4 heteroatoms. The van der Waals surface area contributed by atoms with Crippen LogP contribution in [0.2, 0.25) is 0 Å². The van der Waals surface area contributed by atoms with Crippen LogP contribution in [0.5, 0.6) is 5.75 Å². The number of benzene rings is 1. The third-order valence-corrected chi connectivity index (χ3v) is 4.19. The Hall–Kier alpha value is -1.10. The average molecular weight is 321 g/mol. The summed E-state index contributed by atoms with van der Waals surface area (Å²) in [5, 5.41) is 10.3. The van der Waals surface area contributed by atoms with Gasteiger partial charge in [-0.25, -0.2) is 0 Å². The molecule has 4 nitrogen and oxygen atoms in total. The summed E-state index contributed by atoms with van der Waals surface area (Å²) in [7, 11) is 0. The van der Waals surface area contributed by atoms with Crippen LogP contribution < -0.4 is 4.74 Å². The van der Waals surface area contributed by atoms with Crippen molar-refractivity contribution in [2.75, 3.05) is 26.2 Å². The topological polar surface area (TPSA) is 41.9 Å². The molecular formula is C19H31NO3. The second kappa shape index (κ2) is 8.13. The van der Waals surface area contributed by atoms with E-state index in [-0.39, 0.29) is 12.2 Å². The van der Waals surface area contributed by atoms with Gasteiger partial charge in [-0.3, -0.25) is 4.90 Å². The average Bonchev–Trinajstić information content (AvgIpc) is 2.43. The molecule has 1 N–H and O–H groups in total. The van der Waals surface area contributed by atoms with Gasteiger partial charge in [0.25, 0.3) is 0 Å². The van der Waals surface area contributed by atoms with Crippen LogP contribution in [0.4, 0.5) is 0 Å². The fourth-order valence-corrected chi connectivity index (χ4v) is 3.21. The number of morpholine rings is 1. The van der Waals surface area contributed by atoms with Gasteiger partial charge in [-0.2, -0.15) is 0 Å². The van der Waals surface area contributed by atoms with E-state index in [0.29, 0.717) is 19.1 Å². The molecule has 0 unspecified atom stereocenters. The quantitative estimate of drug-likeness (QED) is 0.875. The number of rotatable bonds is 6. The molecule has 0 aliphatic carbocycles. The van der Waals surface area contributed by atoms with E-state index >= 15 is 0 Å². The van der Waals surface area contributed by atoms with Gasteiger partial charge in [0.15, 0.2) is 0 Å². The highest BCUT2D eigenvalue weighted by molar-refractivity contribution is 5.39. The summed E-state index contributed by atoms with van der Waals surface area (Å²) in [5.41, 5.74) is 2.37. The lowest BCUT2D eigenvalue weighted by atomic mass is 10.0. The van der Waals surface area contributed by atoms with Crippen LogP contribution in [0, 0.1) is 6.92 Å². The monoisotopic (exact) mass is 321 g/mol. The molecule has 1 saturated heterocycles. The molecular weight excluding hydrogens is 290 g/mol. The summed E-state index contributed by atoms with van der Waals surface area (Å²) in [6.45, 7) is 13.2. The summed E-state index contributed by atoms with van der Waals surface area (Å²) in [4.78, 5) is 2.26. The fourth-order valence-electron chi connectivity index (χ4n) is 3.21. The van der Waals surface area contributed by atoms with E-state index in [1.54, 1.807) is 0 Å². The first-order valence-electron chi connectivity index (χ1n) is 8.64. The third-order valence-electron chi connectivity index (χ3n) is 4.19. The number of ether oxygens (including phenoxy) is 2. The summed E-state index contributed by atoms with van der Waals surface area (Å²) in [6.07, 6.45) is -0.0552. The molecule has 1 heterocycles. The molecule has 0 bridgehead atoms. The van der Waals surface area contributed by atoms with E-state index in [9.17, 15) is 5.11 Å². The van der Waals surface area contributed by atoms with Gasteiger partial charge < -0.3 is 14.6 Å². The fraction of sp³-hybridized carbons (Fsp3) is 0.684. The summed E-state index contributed by atoms with van der Waals surface area (Å²) < 4.78 is 11.7. The maximum atomic E-state index is 10.3. The van der Waals surface area contributed by atoms with Crippen LogP contribution in [0.15, 0.2) is 18.2 Å². The largest absolute Gasteiger partial charge is 0.491 e. The molecule has 0 radical (unpaired) electrons. The molecule has 23 heavy (non-hydrogen) atoms. The van der Waals surface area contributed by atoms with Crippen LogP contribution in [-0.2, 0) is 4.74 Å². The lowest BCUT2D eigenvalue weighted by Gasteiger charge is -2.36. The van der Waals surface area contributed by atoms with Crippen molar-refractivity contribution in [1.29, 1.82) is 0 Å². The normalized spacial score (nSPS) is 24.0. The Balaban J connectivity index is 1.89. The van der Waals surface area contributed by atoms with Crippen LogP contribution in [0.3, 0.4) is 0 Å². The van der Waals surface area contributed by atoms with Gasteiger partial charge in [0.2, 0.25) is 0 Å². The Labute approximate surface area is 140 Å². The molecule has 0 spiro atoms. The number of aliphatic hydroxyl groups excluding tert-OH is 1. The first-order valence-corrected chi connectivity index (χ1v) is 8.64. The van der Waals surface area contributed by atoms with Crippen LogP contribution in [-0.4, -0.2) is 54.6 Å². The molecule has 3 atom stereocenters. The summed E-state index contributed by atoms with van der Waals surface area (Å²) in [5.74, 6) is 1.30. The lowest BCUT2D eigenvalue weighted by molar-refractivity contribution is -0.0787. The molecule has 1 aliphatic heterocycles. The zero-order valence-corrected chi connectivity index (χ0v) is 15.1. The van der Waals surface area contributed by atoms with E-state index < -0.39 is 6.10 Å². The van der Waals surface area contributed by atoms with E-state index in [0.717, 1.165) is 18.8 Å². The van der Waals surface area contributed by atoms with E-state index in [1.807, 2.05) is 0 Å². The minimum Gasteiger partial charge on any atom is -0.491 e. The van der Waals surface area contributed by atoms with Crippen molar-refractivity contribution >= 4 is 0 Å². The first kappa shape index (κ1) is 18.2. The standard InChI is InChI=1S/C19H31NO3/c1-13(2)18-7-6-14(3)8-19(18)22-12-17(21)11-20-9-15(4)23-16(5)10-20/h6-8,13,15-17,21H,9-12H2,1-5H3/t15-,16-,17+/m1/s1. The predicted molar refractivity (Wildman–Crippen MR) is 93.2 cm³/mol. The van der Waals surface area contributed by atoms with E-state index in [1.165, 1.54) is 11.1 Å². The molecule has 0 aromatic heterocycles. The third kappa shape index (κ3) is 5.48. The molecule has 0 saturated carbocycles. The lowest BCUT2D eigenvalue weighted by Crippen LogP contribution is -2.48. The van der Waals surface area contributed by atoms with Gasteiger partial charge in [0.05, 0.1) is 12.2 Å². The van der Waals surface area contributed by atoms with Crippen LogP contribution in [0.25, 0.3) is 0 Å². The summed E-state index contributed by atoms with van der Waals surface area (Å²) in [6, 6.07) is 6.28. The van der Waals surface area contributed by atoms with Crippen molar-refractivity contribution in [3.63, 3.8) is 0 Å². The van der Waals surface area contributed by atoms with Crippen LogP contribution in [0.1, 0.15) is 44.7 Å². The summed E-state index contributed by atoms with van der Waals surface area (Å²) >= 11 is 0. The number of hydrogen-bond acceptors (Lipinski definition) is 4. The second-order valence-electron chi connectivity index (χ2n) is 7.14. The Bertz CT molecular complexity index is 493. The van der Waals surface area contributed by atoms with E-state index in [4.69, 9.17) is 9.47 Å². The number of hydrogen-bond donors (Lipinski definition) is 1. The van der Waals surface area contributed by atoms with Crippen molar-refractivity contribution in [2.24, 2.45) is 0 Å². The van der Waals surface area contributed by atoms with Crippen molar-refractivity contribution in [3.8, 4) is 5.75 Å². The van der Waals surface area contributed by atoms with Crippen molar-refractivity contribution < 1.29 is 14.6 Å². The molecule has 0 amide bonds. The van der Waals surface area contributed by atoms with Crippen molar-refractivity contribution in [1.82, 2.24) is 4.90 Å². The van der Waals surface area contributed by atoms with Gasteiger partial charge in [0.1, 0.15) is 18.5 Å². The van der Waals surface area contributed by atoms with Gasteiger partial charge in [-0.15, -0.1) is 0 Å². The Morgan fingerprint density at radius 2 is 1.91 bits per heavy atom. The number of nitrogens with zero attached hydrogens (tertiary/aromatic N) is 1. The minimum absolute atomic E-state index is 0.219. The Morgan fingerprint density at radius 3 is 2.52 bits per heavy atom. The van der Waals surface area contributed by atoms with Gasteiger partial charge in [-0.05, 0) is 43.9 Å². The number of aryl methyl sites for hydroxylation is 1. The highest BCUT2D eigenvalue weighted by Crippen LogP contribution is 2.27. The molecule has 1 fully saturated rings. The molecule has 130 valence electrons. The minimum atomic E-state index is -0.493. The molecule has 1 aromatic rings. The maximum absolute atomic E-state index is 10.3. The SMILES string of the molecule is Cc1ccc(C(C)C)c(OC[C@@H](O)CN2C[C@@H](C)O[C@H](C)C2)c1. The molecule has 1 aliphatic rings. The maximum Gasteiger partial charge on any atom is 0.123 e. The predicted octanol–water partition coefficient (Wildman–Crippen LogP) is 2.97. The number of β-amino-alcohol motifs (C(OH)–C–C–N with tert-alkyl or cyclic N) is 1. The molecule has 1 aromatic carbocycles. The van der Waals surface area contributed by atoms with Gasteiger partial charge in [0, 0.05) is 19.6 Å². The Morgan fingerprint density at radius 1 is 1.26 bits per heavy atom. The van der Waals surface area contributed by atoms with Crippen molar-refractivity contribution in [3.05, 3.63) is 29.3 Å².